The van der Waals surface area contributed by atoms with Gasteiger partial charge in [-0.1, -0.05) is 18.2 Å². The molecule has 118 valence electrons. The highest BCUT2D eigenvalue weighted by atomic mass is 32.2. The summed E-state index contributed by atoms with van der Waals surface area (Å²) in [5, 5.41) is 3.27. The van der Waals surface area contributed by atoms with Crippen LogP contribution in [0.1, 0.15) is 24.8 Å². The molecule has 6 heteroatoms. The summed E-state index contributed by atoms with van der Waals surface area (Å²) in [5.74, 6) is 0.253. The lowest BCUT2D eigenvalue weighted by atomic mass is 9.96. The number of halogens is 1. The highest BCUT2D eigenvalue weighted by Crippen LogP contribution is 2.18. The molecule has 0 amide bonds. The highest BCUT2D eigenvalue weighted by Gasteiger charge is 2.22. The van der Waals surface area contributed by atoms with E-state index >= 15 is 0 Å². The van der Waals surface area contributed by atoms with Gasteiger partial charge in [-0.15, -0.1) is 0 Å². The molecular formula is C15H23FN2O2S. The van der Waals surface area contributed by atoms with Crippen LogP contribution in [0.25, 0.3) is 0 Å². The Morgan fingerprint density at radius 3 is 2.62 bits per heavy atom. The number of nitrogens with zero attached hydrogens (tertiary/aromatic N) is 1. The van der Waals surface area contributed by atoms with Crippen LogP contribution in [0.3, 0.4) is 0 Å². The number of hydrogen-bond acceptors (Lipinski definition) is 3. The average molecular weight is 314 g/mol. The first kappa shape index (κ1) is 16.4. The molecule has 1 fully saturated rings. The quantitative estimate of drug-likeness (QED) is 0.873. The van der Waals surface area contributed by atoms with E-state index in [1.54, 1.807) is 18.2 Å². The van der Waals surface area contributed by atoms with Gasteiger partial charge in [0.2, 0.25) is 10.0 Å². The molecule has 0 aliphatic carbocycles. The molecule has 0 saturated carbocycles. The first-order valence-electron chi connectivity index (χ1n) is 7.37. The third-order valence-electron chi connectivity index (χ3n) is 4.07. The topological polar surface area (TPSA) is 49.4 Å². The Kier molecular flexibility index (Phi) is 5.72. The van der Waals surface area contributed by atoms with Crippen molar-refractivity contribution < 1.29 is 12.8 Å². The normalized spacial score (nSPS) is 17.3. The second-order valence-electron chi connectivity index (χ2n) is 5.65. The van der Waals surface area contributed by atoms with Crippen molar-refractivity contribution in [1.82, 2.24) is 9.62 Å². The number of hydrogen-bond donors (Lipinski definition) is 1. The number of nitrogens with one attached hydrogen (secondary N) is 1. The minimum Gasteiger partial charge on any atom is -0.317 e. The van der Waals surface area contributed by atoms with Crippen molar-refractivity contribution in [1.29, 1.82) is 0 Å². The van der Waals surface area contributed by atoms with E-state index in [0.717, 1.165) is 25.9 Å². The zero-order chi connectivity index (χ0) is 15.3. The fraction of sp³-hybridized carbons (Fsp3) is 0.600. The maximum absolute atomic E-state index is 13.6. The van der Waals surface area contributed by atoms with E-state index in [2.05, 4.69) is 5.32 Å². The second-order valence-corrected chi connectivity index (χ2v) is 7.84. The van der Waals surface area contributed by atoms with Crippen LogP contribution in [0.2, 0.25) is 0 Å². The Hall–Kier alpha value is -0.980. The van der Waals surface area contributed by atoms with E-state index in [0.29, 0.717) is 17.9 Å². The Morgan fingerprint density at radius 2 is 1.95 bits per heavy atom. The molecule has 4 nitrogen and oxygen atoms in total. The molecule has 1 aliphatic heterocycles. The molecular weight excluding hydrogens is 291 g/mol. The summed E-state index contributed by atoms with van der Waals surface area (Å²) in [4.78, 5) is 0. The van der Waals surface area contributed by atoms with Crippen molar-refractivity contribution in [2.45, 2.75) is 25.8 Å². The SMILES string of the molecule is CN(Cc1ccccc1F)S(=O)(=O)CCC1CCNCC1. The fourth-order valence-corrected chi connectivity index (χ4v) is 3.89. The number of benzene rings is 1. The highest BCUT2D eigenvalue weighted by molar-refractivity contribution is 7.89. The summed E-state index contributed by atoms with van der Waals surface area (Å²) in [6, 6.07) is 6.29. The van der Waals surface area contributed by atoms with Gasteiger partial charge in [-0.3, -0.25) is 0 Å². The third kappa shape index (κ3) is 4.76. The number of sulfonamides is 1. The molecule has 1 saturated heterocycles. The van der Waals surface area contributed by atoms with Gasteiger partial charge in [-0.25, -0.2) is 17.1 Å². The second kappa shape index (κ2) is 7.33. The first-order valence-corrected chi connectivity index (χ1v) is 8.98. The molecule has 0 unspecified atom stereocenters. The van der Waals surface area contributed by atoms with Gasteiger partial charge < -0.3 is 5.32 Å². The van der Waals surface area contributed by atoms with Crippen molar-refractivity contribution >= 4 is 10.0 Å². The first-order chi connectivity index (χ1) is 9.99. The molecule has 1 heterocycles. The fourth-order valence-electron chi connectivity index (χ4n) is 2.61. The monoisotopic (exact) mass is 314 g/mol. The lowest BCUT2D eigenvalue weighted by Gasteiger charge is -2.24. The van der Waals surface area contributed by atoms with Gasteiger partial charge in [0.15, 0.2) is 0 Å². The molecule has 0 radical (unpaired) electrons. The van der Waals surface area contributed by atoms with Crippen LogP contribution in [0, 0.1) is 11.7 Å². The van der Waals surface area contributed by atoms with E-state index in [9.17, 15) is 12.8 Å². The summed E-state index contributed by atoms with van der Waals surface area (Å²) < 4.78 is 39.4. The molecule has 21 heavy (non-hydrogen) atoms. The lowest BCUT2D eigenvalue weighted by molar-refractivity contribution is 0.362. The maximum atomic E-state index is 13.6. The van der Waals surface area contributed by atoms with Crippen LogP contribution in [-0.4, -0.2) is 38.6 Å². The van der Waals surface area contributed by atoms with Gasteiger partial charge in [-0.2, -0.15) is 0 Å². The van der Waals surface area contributed by atoms with Crippen molar-refractivity contribution in [2.24, 2.45) is 5.92 Å². The molecule has 0 atom stereocenters. The van der Waals surface area contributed by atoms with Crippen molar-refractivity contribution in [3.8, 4) is 0 Å². The van der Waals surface area contributed by atoms with Gasteiger partial charge in [0.1, 0.15) is 5.82 Å². The molecule has 0 spiro atoms. The van der Waals surface area contributed by atoms with Crippen LogP contribution < -0.4 is 5.32 Å². The van der Waals surface area contributed by atoms with E-state index in [1.165, 1.54) is 17.4 Å². The lowest BCUT2D eigenvalue weighted by Crippen LogP contribution is -2.32. The molecule has 0 bridgehead atoms. The van der Waals surface area contributed by atoms with Gasteiger partial charge in [0, 0.05) is 19.2 Å². The maximum Gasteiger partial charge on any atom is 0.214 e. The van der Waals surface area contributed by atoms with E-state index in [1.807, 2.05) is 0 Å². The van der Waals surface area contributed by atoms with Gasteiger partial charge in [0.25, 0.3) is 0 Å². The zero-order valence-corrected chi connectivity index (χ0v) is 13.2. The Balaban J connectivity index is 1.90. The average Bonchev–Trinajstić information content (AvgIpc) is 2.48. The smallest absolute Gasteiger partial charge is 0.214 e. The minimum atomic E-state index is -3.33. The largest absolute Gasteiger partial charge is 0.317 e. The van der Waals surface area contributed by atoms with Gasteiger partial charge in [-0.05, 0) is 44.3 Å². The summed E-state index contributed by atoms with van der Waals surface area (Å²) in [5.41, 5.74) is 0.408. The Bertz CT molecular complexity index is 557. The molecule has 2 rings (SSSR count). The van der Waals surface area contributed by atoms with Crippen LogP contribution >= 0.6 is 0 Å². The van der Waals surface area contributed by atoms with Crippen LogP contribution in [0.15, 0.2) is 24.3 Å². The van der Waals surface area contributed by atoms with E-state index < -0.39 is 10.0 Å². The molecule has 1 aromatic rings. The summed E-state index contributed by atoms with van der Waals surface area (Å²) >= 11 is 0. The Morgan fingerprint density at radius 1 is 1.29 bits per heavy atom. The Labute approximate surface area is 126 Å². The van der Waals surface area contributed by atoms with Crippen molar-refractivity contribution in [3.05, 3.63) is 35.6 Å². The van der Waals surface area contributed by atoms with Crippen LogP contribution in [-0.2, 0) is 16.6 Å². The molecule has 1 N–H and O–H groups in total. The van der Waals surface area contributed by atoms with E-state index in [4.69, 9.17) is 0 Å². The third-order valence-corrected chi connectivity index (χ3v) is 5.90. The summed E-state index contributed by atoms with van der Waals surface area (Å²) in [6.45, 7) is 2.02. The minimum absolute atomic E-state index is 0.0846. The summed E-state index contributed by atoms with van der Waals surface area (Å²) in [7, 11) is -1.81. The van der Waals surface area contributed by atoms with Crippen LogP contribution in [0.4, 0.5) is 4.39 Å². The molecule has 0 aromatic heterocycles. The predicted octanol–water partition coefficient (Wildman–Crippen LogP) is 1.98. The number of rotatable bonds is 6. The number of piperidine rings is 1. The van der Waals surface area contributed by atoms with Crippen LogP contribution in [0.5, 0.6) is 0 Å². The molecule has 1 aliphatic rings. The summed E-state index contributed by atoms with van der Waals surface area (Å²) in [6.07, 6.45) is 2.75. The standard InChI is InChI=1S/C15H23FN2O2S/c1-18(12-14-4-2-3-5-15(14)16)21(19,20)11-8-13-6-9-17-10-7-13/h2-5,13,17H,6-12H2,1H3. The van der Waals surface area contributed by atoms with Crippen molar-refractivity contribution in [2.75, 3.05) is 25.9 Å². The van der Waals surface area contributed by atoms with E-state index in [-0.39, 0.29) is 18.1 Å². The molecule has 1 aromatic carbocycles. The van der Waals surface area contributed by atoms with Gasteiger partial charge in [0.05, 0.1) is 5.75 Å². The predicted molar refractivity (Wildman–Crippen MR) is 81.9 cm³/mol. The van der Waals surface area contributed by atoms with Crippen molar-refractivity contribution in [3.63, 3.8) is 0 Å². The van der Waals surface area contributed by atoms with Gasteiger partial charge >= 0.3 is 0 Å². The zero-order valence-electron chi connectivity index (χ0n) is 12.4.